The van der Waals surface area contributed by atoms with Gasteiger partial charge < -0.3 is 10.4 Å². The third kappa shape index (κ3) is 5.33. The third-order valence-electron chi connectivity index (χ3n) is 3.69. The first-order valence-corrected chi connectivity index (χ1v) is 7.39. The molecule has 0 aliphatic rings. The average molecular weight is 263 g/mol. The van der Waals surface area contributed by atoms with E-state index >= 15 is 0 Å². The number of benzene rings is 1. The Morgan fingerprint density at radius 3 is 2.26 bits per heavy atom. The van der Waals surface area contributed by atoms with Gasteiger partial charge >= 0.3 is 0 Å². The van der Waals surface area contributed by atoms with E-state index in [9.17, 15) is 0 Å². The SMILES string of the molecule is CC(C)c1ccc(C(C)(C)CNCCCCO)cc1. The Morgan fingerprint density at radius 1 is 1.11 bits per heavy atom. The maximum absolute atomic E-state index is 8.75. The van der Waals surface area contributed by atoms with E-state index in [1.165, 1.54) is 11.1 Å². The predicted molar refractivity (Wildman–Crippen MR) is 82.7 cm³/mol. The van der Waals surface area contributed by atoms with Gasteiger partial charge in [-0.05, 0) is 36.4 Å². The van der Waals surface area contributed by atoms with Gasteiger partial charge in [0.25, 0.3) is 0 Å². The molecule has 0 radical (unpaired) electrons. The molecule has 0 saturated carbocycles. The normalized spacial score (nSPS) is 12.1. The number of aliphatic hydroxyl groups is 1. The summed E-state index contributed by atoms with van der Waals surface area (Å²) in [7, 11) is 0. The summed E-state index contributed by atoms with van der Waals surface area (Å²) in [5, 5.41) is 12.2. The minimum absolute atomic E-state index is 0.148. The Morgan fingerprint density at radius 2 is 1.74 bits per heavy atom. The monoisotopic (exact) mass is 263 g/mol. The quantitative estimate of drug-likeness (QED) is 0.704. The Labute approximate surface area is 118 Å². The molecule has 0 saturated heterocycles. The highest BCUT2D eigenvalue weighted by Gasteiger charge is 2.19. The van der Waals surface area contributed by atoms with Crippen LogP contribution in [0, 0.1) is 0 Å². The summed E-state index contributed by atoms with van der Waals surface area (Å²) in [6.07, 6.45) is 1.93. The number of rotatable bonds is 8. The summed E-state index contributed by atoms with van der Waals surface area (Å²) >= 11 is 0. The topological polar surface area (TPSA) is 32.3 Å². The van der Waals surface area contributed by atoms with Gasteiger partial charge in [-0.15, -0.1) is 0 Å². The Balaban J connectivity index is 2.51. The van der Waals surface area contributed by atoms with Crippen molar-refractivity contribution in [2.45, 2.75) is 51.9 Å². The molecule has 0 aromatic heterocycles. The van der Waals surface area contributed by atoms with Crippen molar-refractivity contribution in [1.82, 2.24) is 5.32 Å². The maximum Gasteiger partial charge on any atom is 0.0431 e. The molecule has 1 aromatic rings. The van der Waals surface area contributed by atoms with Gasteiger partial charge in [0.1, 0.15) is 0 Å². The molecule has 0 unspecified atom stereocenters. The molecular formula is C17H29NO. The van der Waals surface area contributed by atoms with Crippen molar-refractivity contribution < 1.29 is 5.11 Å². The first kappa shape index (κ1) is 16.2. The molecule has 0 aliphatic carbocycles. The fourth-order valence-electron chi connectivity index (χ4n) is 2.18. The van der Waals surface area contributed by atoms with E-state index in [2.05, 4.69) is 57.3 Å². The number of hydrogen-bond acceptors (Lipinski definition) is 2. The van der Waals surface area contributed by atoms with Crippen molar-refractivity contribution >= 4 is 0 Å². The van der Waals surface area contributed by atoms with Crippen molar-refractivity contribution in [3.05, 3.63) is 35.4 Å². The molecule has 0 bridgehead atoms. The van der Waals surface area contributed by atoms with Crippen LogP contribution in [0.25, 0.3) is 0 Å². The summed E-state index contributed by atoms with van der Waals surface area (Å²) in [5.74, 6) is 0.591. The molecule has 0 heterocycles. The lowest BCUT2D eigenvalue weighted by Crippen LogP contribution is -2.33. The van der Waals surface area contributed by atoms with E-state index in [1.807, 2.05) is 0 Å². The number of hydrogen-bond donors (Lipinski definition) is 2. The molecular weight excluding hydrogens is 234 g/mol. The number of aliphatic hydroxyl groups excluding tert-OH is 1. The molecule has 2 nitrogen and oxygen atoms in total. The molecule has 19 heavy (non-hydrogen) atoms. The molecule has 0 fully saturated rings. The highest BCUT2D eigenvalue weighted by atomic mass is 16.2. The van der Waals surface area contributed by atoms with Crippen molar-refractivity contribution in [2.75, 3.05) is 19.7 Å². The van der Waals surface area contributed by atoms with Crippen LogP contribution >= 0.6 is 0 Å². The van der Waals surface area contributed by atoms with Crippen LogP contribution in [0.15, 0.2) is 24.3 Å². The van der Waals surface area contributed by atoms with E-state index in [-0.39, 0.29) is 5.41 Å². The highest BCUT2D eigenvalue weighted by molar-refractivity contribution is 5.29. The first-order chi connectivity index (χ1) is 8.97. The molecule has 2 N–H and O–H groups in total. The van der Waals surface area contributed by atoms with Crippen LogP contribution < -0.4 is 5.32 Å². The van der Waals surface area contributed by atoms with Crippen LogP contribution in [0.1, 0.15) is 57.6 Å². The minimum Gasteiger partial charge on any atom is -0.396 e. The fourth-order valence-corrected chi connectivity index (χ4v) is 2.18. The van der Waals surface area contributed by atoms with Gasteiger partial charge in [-0.2, -0.15) is 0 Å². The van der Waals surface area contributed by atoms with E-state index in [1.54, 1.807) is 0 Å². The molecule has 0 amide bonds. The highest BCUT2D eigenvalue weighted by Crippen LogP contribution is 2.24. The zero-order valence-electron chi connectivity index (χ0n) is 12.9. The largest absolute Gasteiger partial charge is 0.396 e. The molecule has 1 aromatic carbocycles. The third-order valence-corrected chi connectivity index (χ3v) is 3.69. The standard InChI is InChI=1S/C17H29NO/c1-14(2)15-7-9-16(10-8-15)17(3,4)13-18-11-5-6-12-19/h7-10,14,18-19H,5-6,11-13H2,1-4H3. The van der Waals surface area contributed by atoms with Gasteiger partial charge in [-0.3, -0.25) is 0 Å². The van der Waals surface area contributed by atoms with Gasteiger partial charge in [-0.1, -0.05) is 52.0 Å². The van der Waals surface area contributed by atoms with Gasteiger partial charge in [0.05, 0.1) is 0 Å². The minimum atomic E-state index is 0.148. The summed E-state index contributed by atoms with van der Waals surface area (Å²) in [5.41, 5.74) is 2.93. The van der Waals surface area contributed by atoms with E-state index in [0.717, 1.165) is 25.9 Å². The van der Waals surface area contributed by atoms with Gasteiger partial charge in [0, 0.05) is 18.6 Å². The fraction of sp³-hybridized carbons (Fsp3) is 0.647. The lowest BCUT2D eigenvalue weighted by Gasteiger charge is -2.26. The van der Waals surface area contributed by atoms with Crippen molar-refractivity contribution in [1.29, 1.82) is 0 Å². The Hall–Kier alpha value is -0.860. The number of unbranched alkanes of at least 4 members (excludes halogenated alkanes) is 1. The van der Waals surface area contributed by atoms with Gasteiger partial charge in [-0.25, -0.2) is 0 Å². The molecule has 108 valence electrons. The van der Waals surface area contributed by atoms with Crippen LogP contribution in [0.2, 0.25) is 0 Å². The Bertz CT molecular complexity index is 354. The lowest BCUT2D eigenvalue weighted by molar-refractivity contribution is 0.283. The Kier molecular flexibility index (Phi) is 6.53. The van der Waals surface area contributed by atoms with Gasteiger partial charge in [0.2, 0.25) is 0 Å². The van der Waals surface area contributed by atoms with E-state index < -0.39 is 0 Å². The molecule has 0 aliphatic heterocycles. The van der Waals surface area contributed by atoms with Crippen LogP contribution in [0.5, 0.6) is 0 Å². The zero-order chi connectivity index (χ0) is 14.3. The van der Waals surface area contributed by atoms with Gasteiger partial charge in [0.15, 0.2) is 0 Å². The van der Waals surface area contributed by atoms with Crippen molar-refractivity contribution in [3.63, 3.8) is 0 Å². The van der Waals surface area contributed by atoms with Crippen LogP contribution in [0.3, 0.4) is 0 Å². The maximum atomic E-state index is 8.75. The smallest absolute Gasteiger partial charge is 0.0431 e. The second kappa shape index (κ2) is 7.66. The van der Waals surface area contributed by atoms with Crippen LogP contribution in [-0.4, -0.2) is 24.8 Å². The molecule has 0 spiro atoms. The predicted octanol–water partition coefficient (Wildman–Crippen LogP) is 3.45. The van der Waals surface area contributed by atoms with Crippen molar-refractivity contribution in [3.8, 4) is 0 Å². The summed E-state index contributed by atoms with van der Waals surface area (Å²) in [4.78, 5) is 0. The van der Waals surface area contributed by atoms with E-state index in [4.69, 9.17) is 5.11 Å². The second-order valence-electron chi connectivity index (χ2n) is 6.27. The average Bonchev–Trinajstić information content (AvgIpc) is 2.38. The first-order valence-electron chi connectivity index (χ1n) is 7.39. The molecule has 2 heteroatoms. The number of nitrogens with one attached hydrogen (secondary N) is 1. The summed E-state index contributed by atoms with van der Waals surface area (Å²) in [6.45, 7) is 11.2. The zero-order valence-corrected chi connectivity index (χ0v) is 12.9. The molecule has 0 atom stereocenters. The molecule has 1 rings (SSSR count). The van der Waals surface area contributed by atoms with Crippen LogP contribution in [-0.2, 0) is 5.41 Å². The second-order valence-corrected chi connectivity index (χ2v) is 6.27. The van der Waals surface area contributed by atoms with E-state index in [0.29, 0.717) is 12.5 Å². The summed E-state index contributed by atoms with van der Waals surface area (Å²) < 4.78 is 0. The van der Waals surface area contributed by atoms with Crippen LogP contribution in [0.4, 0.5) is 0 Å². The lowest BCUT2D eigenvalue weighted by atomic mass is 9.83. The van der Waals surface area contributed by atoms with Crippen molar-refractivity contribution in [2.24, 2.45) is 0 Å². The summed E-state index contributed by atoms with van der Waals surface area (Å²) in [6, 6.07) is 9.00.